The van der Waals surface area contributed by atoms with Gasteiger partial charge in [-0.1, -0.05) is 13.8 Å². The lowest BCUT2D eigenvalue weighted by Crippen LogP contribution is -2.30. The van der Waals surface area contributed by atoms with Crippen LogP contribution in [0.15, 0.2) is 0 Å². The molecule has 2 N–H and O–H groups in total. The summed E-state index contributed by atoms with van der Waals surface area (Å²) in [4.78, 5) is 6.33. The number of hydrogen-bond donors (Lipinski definition) is 1. The molecule has 86 valence electrons. The molecule has 0 saturated carbocycles. The summed E-state index contributed by atoms with van der Waals surface area (Å²) in [5.41, 5.74) is 5.51. The molecule has 0 aliphatic heterocycles. The predicted octanol–water partition coefficient (Wildman–Crippen LogP) is 1.23. The summed E-state index contributed by atoms with van der Waals surface area (Å²) < 4.78 is 9.04. The zero-order chi connectivity index (χ0) is 11.3. The Morgan fingerprint density at radius 1 is 1.53 bits per heavy atom. The van der Waals surface area contributed by atoms with E-state index < -0.39 is 0 Å². The van der Waals surface area contributed by atoms with Crippen LogP contribution in [0.3, 0.4) is 0 Å². The highest BCUT2D eigenvalue weighted by Gasteiger charge is 2.12. The topological polar surface area (TPSA) is 64.3 Å². The van der Waals surface area contributed by atoms with E-state index in [9.17, 15) is 0 Å². The van der Waals surface area contributed by atoms with Crippen LogP contribution in [0.25, 0.3) is 0 Å². The number of nitrogen functional groups attached to an aromatic ring is 1. The highest BCUT2D eigenvalue weighted by Crippen LogP contribution is 2.19. The van der Waals surface area contributed by atoms with Gasteiger partial charge in [-0.3, -0.25) is 0 Å². The zero-order valence-electron chi connectivity index (χ0n) is 9.43. The lowest BCUT2D eigenvalue weighted by atomic mass is 10.2. The average molecular weight is 230 g/mol. The van der Waals surface area contributed by atoms with Gasteiger partial charge >= 0.3 is 0 Å². The molecule has 0 aromatic carbocycles. The molecule has 6 heteroatoms. The van der Waals surface area contributed by atoms with Gasteiger partial charge in [-0.25, -0.2) is 0 Å². The van der Waals surface area contributed by atoms with Crippen LogP contribution in [0.1, 0.15) is 13.8 Å². The number of hydrogen-bond acceptors (Lipinski definition) is 6. The largest absolute Gasteiger partial charge is 0.383 e. The van der Waals surface area contributed by atoms with Gasteiger partial charge in [0.2, 0.25) is 11.1 Å². The van der Waals surface area contributed by atoms with Crippen molar-refractivity contribution < 1.29 is 4.74 Å². The van der Waals surface area contributed by atoms with Gasteiger partial charge in [-0.2, -0.15) is 9.36 Å². The third-order valence-electron chi connectivity index (χ3n) is 1.85. The van der Waals surface area contributed by atoms with Crippen molar-refractivity contribution in [2.75, 3.05) is 37.4 Å². The standard InChI is InChI=1S/C9H18N4OS/c1-7(2)6-13(4-5-14-3)9-11-8(10)12-15-9/h7H,4-6H2,1-3H3,(H2,10,12). The quantitative estimate of drug-likeness (QED) is 0.796. The van der Waals surface area contributed by atoms with Crippen molar-refractivity contribution >= 4 is 22.6 Å². The minimum absolute atomic E-state index is 0.348. The normalized spacial score (nSPS) is 10.9. The van der Waals surface area contributed by atoms with Gasteiger partial charge in [-0.05, 0) is 5.92 Å². The maximum atomic E-state index is 5.51. The Kier molecular flexibility index (Phi) is 4.77. The van der Waals surface area contributed by atoms with Crippen molar-refractivity contribution in [3.05, 3.63) is 0 Å². The molecule has 0 saturated heterocycles. The first kappa shape index (κ1) is 12.2. The molecule has 0 bridgehead atoms. The van der Waals surface area contributed by atoms with Crippen LogP contribution in [0.4, 0.5) is 11.1 Å². The maximum absolute atomic E-state index is 5.51. The van der Waals surface area contributed by atoms with Gasteiger partial charge in [0.15, 0.2) is 0 Å². The second-order valence-corrected chi connectivity index (χ2v) is 4.50. The molecule has 5 nitrogen and oxygen atoms in total. The van der Waals surface area contributed by atoms with Crippen LogP contribution in [0.5, 0.6) is 0 Å². The highest BCUT2D eigenvalue weighted by molar-refractivity contribution is 7.09. The molecule has 0 radical (unpaired) electrons. The lowest BCUT2D eigenvalue weighted by Gasteiger charge is -2.22. The van der Waals surface area contributed by atoms with E-state index in [1.807, 2.05) is 0 Å². The van der Waals surface area contributed by atoms with E-state index in [2.05, 4.69) is 28.1 Å². The van der Waals surface area contributed by atoms with Gasteiger partial charge < -0.3 is 15.4 Å². The number of nitrogens with two attached hydrogens (primary N) is 1. The van der Waals surface area contributed by atoms with Crippen molar-refractivity contribution in [1.82, 2.24) is 9.36 Å². The van der Waals surface area contributed by atoms with Gasteiger partial charge in [0, 0.05) is 31.7 Å². The fourth-order valence-electron chi connectivity index (χ4n) is 1.26. The average Bonchev–Trinajstić information content (AvgIpc) is 2.58. The summed E-state index contributed by atoms with van der Waals surface area (Å²) in [6, 6.07) is 0. The molecule has 1 aromatic rings. The third-order valence-corrected chi connectivity index (χ3v) is 2.64. The van der Waals surface area contributed by atoms with Crippen molar-refractivity contribution in [2.45, 2.75) is 13.8 Å². The summed E-state index contributed by atoms with van der Waals surface area (Å²) in [6.07, 6.45) is 0. The number of rotatable bonds is 6. The van der Waals surface area contributed by atoms with E-state index in [4.69, 9.17) is 10.5 Å². The Morgan fingerprint density at radius 2 is 2.27 bits per heavy atom. The summed E-state index contributed by atoms with van der Waals surface area (Å²) in [5.74, 6) is 0.924. The van der Waals surface area contributed by atoms with Crippen molar-refractivity contribution in [2.24, 2.45) is 5.92 Å². The fraction of sp³-hybridized carbons (Fsp3) is 0.778. The minimum Gasteiger partial charge on any atom is -0.383 e. The van der Waals surface area contributed by atoms with Crippen LogP contribution in [0.2, 0.25) is 0 Å². The second kappa shape index (κ2) is 5.87. The number of ether oxygens (including phenoxy) is 1. The van der Waals surface area contributed by atoms with Gasteiger partial charge in [-0.15, -0.1) is 0 Å². The lowest BCUT2D eigenvalue weighted by molar-refractivity contribution is 0.204. The molecular formula is C9H18N4OS. The highest BCUT2D eigenvalue weighted by atomic mass is 32.1. The van der Waals surface area contributed by atoms with Gasteiger partial charge in [0.05, 0.1) is 6.61 Å². The summed E-state index contributed by atoms with van der Waals surface area (Å²) >= 11 is 1.33. The van der Waals surface area contributed by atoms with E-state index in [1.165, 1.54) is 11.5 Å². The van der Waals surface area contributed by atoms with Crippen LogP contribution in [0, 0.1) is 5.92 Å². The van der Waals surface area contributed by atoms with Gasteiger partial charge in [0.1, 0.15) is 0 Å². The Labute approximate surface area is 94.4 Å². The van der Waals surface area contributed by atoms with E-state index in [0.29, 0.717) is 18.5 Å². The second-order valence-electron chi connectivity index (χ2n) is 3.77. The number of nitrogens with zero attached hydrogens (tertiary/aromatic N) is 3. The molecular weight excluding hydrogens is 212 g/mol. The smallest absolute Gasteiger partial charge is 0.233 e. The molecule has 1 aromatic heterocycles. The molecule has 0 atom stereocenters. The fourth-order valence-corrected chi connectivity index (χ4v) is 1.89. The molecule has 15 heavy (non-hydrogen) atoms. The van der Waals surface area contributed by atoms with Crippen molar-refractivity contribution in [1.29, 1.82) is 0 Å². The zero-order valence-corrected chi connectivity index (χ0v) is 10.3. The Morgan fingerprint density at radius 3 is 2.73 bits per heavy atom. The summed E-state index contributed by atoms with van der Waals surface area (Å²) in [6.45, 7) is 6.79. The van der Waals surface area contributed by atoms with Crippen LogP contribution in [-0.4, -0.2) is 36.2 Å². The van der Waals surface area contributed by atoms with E-state index in [0.717, 1.165) is 18.2 Å². The monoisotopic (exact) mass is 230 g/mol. The number of anilines is 2. The Hall–Kier alpha value is -0.880. The molecule has 0 aliphatic rings. The van der Waals surface area contributed by atoms with Crippen molar-refractivity contribution in [3.63, 3.8) is 0 Å². The first-order valence-electron chi connectivity index (χ1n) is 4.96. The maximum Gasteiger partial charge on any atom is 0.233 e. The third kappa shape index (κ3) is 4.01. The van der Waals surface area contributed by atoms with Crippen LogP contribution >= 0.6 is 11.5 Å². The molecule has 0 amide bonds. The molecule has 1 heterocycles. The number of methoxy groups -OCH3 is 1. The van der Waals surface area contributed by atoms with E-state index >= 15 is 0 Å². The number of aromatic nitrogens is 2. The Bertz CT molecular complexity index is 289. The van der Waals surface area contributed by atoms with Crippen LogP contribution in [-0.2, 0) is 4.74 Å². The molecule has 1 rings (SSSR count). The SMILES string of the molecule is COCCN(CC(C)C)c1nc(N)ns1. The van der Waals surface area contributed by atoms with Gasteiger partial charge in [0.25, 0.3) is 0 Å². The summed E-state index contributed by atoms with van der Waals surface area (Å²) in [5, 5.41) is 0.873. The minimum atomic E-state index is 0.348. The first-order chi connectivity index (χ1) is 7.13. The molecule has 0 spiro atoms. The summed E-state index contributed by atoms with van der Waals surface area (Å²) in [7, 11) is 1.70. The Balaban J connectivity index is 2.62. The van der Waals surface area contributed by atoms with Crippen LogP contribution < -0.4 is 10.6 Å². The van der Waals surface area contributed by atoms with Crippen molar-refractivity contribution in [3.8, 4) is 0 Å². The molecule has 0 unspecified atom stereocenters. The van der Waals surface area contributed by atoms with E-state index in [-0.39, 0.29) is 0 Å². The van der Waals surface area contributed by atoms with E-state index in [1.54, 1.807) is 7.11 Å². The predicted molar refractivity (Wildman–Crippen MR) is 63.2 cm³/mol. The first-order valence-corrected chi connectivity index (χ1v) is 5.74. The molecule has 0 aliphatic carbocycles. The molecule has 0 fully saturated rings.